The average molecular weight is 1030 g/mol. The van der Waals surface area contributed by atoms with Gasteiger partial charge in [-0.05, 0) is 73.6 Å². The molecule has 5 aliphatic heterocycles. The Hall–Kier alpha value is -6.82. The van der Waals surface area contributed by atoms with E-state index in [1.807, 2.05) is 11.0 Å². The molecule has 2 aromatic heterocycles. The molecular formula is C51H63F2N11O10. The number of carbonyl (C=O) groups excluding carboxylic acids is 6. The highest BCUT2D eigenvalue weighted by Crippen LogP contribution is 2.44. The second-order valence-corrected chi connectivity index (χ2v) is 18.9. The predicted octanol–water partition coefficient (Wildman–Crippen LogP) is 4.14. The predicted molar refractivity (Wildman–Crippen MR) is 264 cm³/mol. The zero-order valence-electron chi connectivity index (χ0n) is 41.7. The van der Waals surface area contributed by atoms with Crippen LogP contribution in [0.15, 0.2) is 42.7 Å². The second kappa shape index (κ2) is 23.6. The lowest BCUT2D eigenvalue weighted by Crippen LogP contribution is -2.54. The maximum absolute atomic E-state index is 14.7. The number of rotatable bonds is 21. The first kappa shape index (κ1) is 52.1. The summed E-state index contributed by atoms with van der Waals surface area (Å²) in [6.45, 7) is 5.78. The molecule has 3 N–H and O–H groups in total. The molecule has 0 aliphatic carbocycles. The number of halogens is 2. The fourth-order valence-electron chi connectivity index (χ4n) is 10.4. The van der Waals surface area contributed by atoms with E-state index in [1.165, 1.54) is 0 Å². The number of carbonyl (C=O) groups is 6. The Balaban J connectivity index is 0.661. The molecule has 74 heavy (non-hydrogen) atoms. The number of hydrogen-bond donors (Lipinski definition) is 3. The van der Waals surface area contributed by atoms with Crippen molar-refractivity contribution in [2.75, 3.05) is 103 Å². The van der Waals surface area contributed by atoms with Gasteiger partial charge in [0.05, 0.1) is 89.2 Å². The number of urea groups is 1. The van der Waals surface area contributed by atoms with E-state index in [0.29, 0.717) is 133 Å². The number of hydrogen-bond acceptors (Lipinski definition) is 14. The monoisotopic (exact) mass is 1030 g/mol. The number of likely N-dealkylation sites (tertiary alicyclic amines) is 1. The first-order chi connectivity index (χ1) is 35.9. The molecule has 0 spiro atoms. The number of anilines is 3. The lowest BCUT2D eigenvalue weighted by atomic mass is 9.92. The van der Waals surface area contributed by atoms with Gasteiger partial charge in [-0.3, -0.25) is 43.6 Å². The van der Waals surface area contributed by atoms with Gasteiger partial charge in [-0.1, -0.05) is 0 Å². The minimum Gasteiger partial charge on any atom is -0.383 e. The molecule has 0 saturated carbocycles. The van der Waals surface area contributed by atoms with E-state index in [1.54, 1.807) is 60.3 Å². The fraction of sp³-hybridized carbons (Fsp3) is 0.529. The molecule has 1 unspecified atom stereocenters. The molecule has 2 saturated heterocycles. The number of ether oxygens (including phenoxy) is 4. The Morgan fingerprint density at radius 2 is 1.53 bits per heavy atom. The van der Waals surface area contributed by atoms with Gasteiger partial charge in [0.2, 0.25) is 17.7 Å². The molecule has 0 radical (unpaired) electrons. The Morgan fingerprint density at radius 3 is 2.22 bits per heavy atom. The summed E-state index contributed by atoms with van der Waals surface area (Å²) in [7, 11) is 3.37. The molecule has 4 aromatic rings. The van der Waals surface area contributed by atoms with Crippen molar-refractivity contribution in [1.29, 1.82) is 0 Å². The minimum absolute atomic E-state index is 0.0167. The summed E-state index contributed by atoms with van der Waals surface area (Å²) >= 11 is 0. The topological polar surface area (TPSA) is 224 Å². The smallest absolute Gasteiger partial charge is 0.317 e. The van der Waals surface area contributed by atoms with Crippen molar-refractivity contribution in [3.8, 4) is 11.1 Å². The molecule has 23 heteroatoms. The number of amides is 7. The molecule has 1 atom stereocenters. The zero-order valence-corrected chi connectivity index (χ0v) is 41.7. The number of aryl methyl sites for hydroxylation is 2. The van der Waals surface area contributed by atoms with Gasteiger partial charge >= 0.3 is 6.03 Å². The van der Waals surface area contributed by atoms with Crippen molar-refractivity contribution in [1.82, 2.24) is 44.9 Å². The van der Waals surface area contributed by atoms with E-state index in [2.05, 4.69) is 30.6 Å². The largest absolute Gasteiger partial charge is 0.383 e. The van der Waals surface area contributed by atoms with Gasteiger partial charge in [0.25, 0.3) is 18.2 Å². The quantitative estimate of drug-likeness (QED) is 0.0789. The van der Waals surface area contributed by atoms with Crippen LogP contribution < -0.4 is 20.9 Å². The standard InChI is InChI=1S/C51H63F2N11O10/c1-54-51(70)61-17-11-41-40(31-61)47(62-14-3-4-32-26-37(33-29-56-59(2)30-33)38(46(52)53)28-43(32)62)58-64(41)35-9-15-60(16-10-35)45(66)12-18-71-20-22-73-24-25-74-23-21-72-19-13-55-34-5-6-36-39(27-34)50(69)63(49(36)68)42-7-8-44(65)57-48(42)67/h5-6,26-30,35,42,46,55H,3-4,7-25,31H2,1-2H3,(H,54,70)(H,57,65,67). The Kier molecular flexibility index (Phi) is 16.6. The summed E-state index contributed by atoms with van der Waals surface area (Å²) in [6.07, 6.45) is 4.57. The Morgan fingerprint density at radius 1 is 0.811 bits per heavy atom. The van der Waals surface area contributed by atoms with Crippen molar-refractivity contribution in [2.24, 2.45) is 7.05 Å². The molecule has 21 nitrogen and oxygen atoms in total. The number of alkyl halides is 2. The van der Waals surface area contributed by atoms with Crippen molar-refractivity contribution in [3.05, 3.63) is 76.2 Å². The normalized spacial score (nSPS) is 18.0. The first-order valence-corrected chi connectivity index (χ1v) is 25.4. The summed E-state index contributed by atoms with van der Waals surface area (Å²) in [6, 6.07) is 7.10. The van der Waals surface area contributed by atoms with Crippen molar-refractivity contribution < 1.29 is 56.5 Å². The van der Waals surface area contributed by atoms with Crippen LogP contribution in [0.4, 0.5) is 30.8 Å². The molecule has 9 rings (SSSR count). The third kappa shape index (κ3) is 11.4. The van der Waals surface area contributed by atoms with Crippen LogP contribution in [0.25, 0.3) is 11.1 Å². The van der Waals surface area contributed by atoms with E-state index in [4.69, 9.17) is 24.0 Å². The maximum Gasteiger partial charge on any atom is 0.317 e. The number of fused-ring (bicyclic) bond motifs is 3. The summed E-state index contributed by atoms with van der Waals surface area (Å²) in [4.78, 5) is 82.6. The Labute approximate surface area is 426 Å². The third-order valence-electron chi connectivity index (χ3n) is 14.2. The molecule has 7 amide bonds. The van der Waals surface area contributed by atoms with E-state index in [9.17, 15) is 37.5 Å². The maximum atomic E-state index is 14.7. The number of imide groups is 2. The van der Waals surface area contributed by atoms with E-state index < -0.39 is 36.1 Å². The van der Waals surface area contributed by atoms with Gasteiger partial charge in [0.1, 0.15) is 6.04 Å². The van der Waals surface area contributed by atoms with Crippen LogP contribution in [0.5, 0.6) is 0 Å². The fourth-order valence-corrected chi connectivity index (χ4v) is 10.4. The van der Waals surface area contributed by atoms with Gasteiger partial charge in [0, 0.05) is 99.6 Å². The SMILES string of the molecule is CNC(=O)N1CCc2c(c(N3CCCc4cc(-c5cnn(C)c5)c(C(F)F)cc43)nn2C2CCN(C(=O)CCOCCOCCOCCOCCNc3ccc4c(c3)C(=O)N(C3CCC(=O)NC3=O)C4=O)CC2)C1. The number of benzene rings is 2. The number of nitrogens with one attached hydrogen (secondary N) is 3. The van der Waals surface area contributed by atoms with Crippen molar-refractivity contribution in [2.45, 2.75) is 76.4 Å². The van der Waals surface area contributed by atoms with Gasteiger partial charge in [-0.25, -0.2) is 13.6 Å². The molecule has 7 heterocycles. The van der Waals surface area contributed by atoms with Gasteiger partial charge in [-0.15, -0.1) is 0 Å². The van der Waals surface area contributed by atoms with Crippen LogP contribution in [0.3, 0.4) is 0 Å². The lowest BCUT2D eigenvalue weighted by Gasteiger charge is -2.34. The van der Waals surface area contributed by atoms with E-state index >= 15 is 0 Å². The van der Waals surface area contributed by atoms with Crippen molar-refractivity contribution >= 4 is 52.8 Å². The number of piperidine rings is 2. The molecular weight excluding hydrogens is 965 g/mol. The molecule has 396 valence electrons. The van der Waals surface area contributed by atoms with Gasteiger partial charge < -0.3 is 44.3 Å². The molecule has 5 aliphatic rings. The van der Waals surface area contributed by atoms with Crippen LogP contribution in [0.1, 0.15) is 94.1 Å². The van der Waals surface area contributed by atoms with Crippen LogP contribution in [-0.4, -0.2) is 168 Å². The summed E-state index contributed by atoms with van der Waals surface area (Å²) in [5.41, 5.74) is 5.70. The van der Waals surface area contributed by atoms with Crippen molar-refractivity contribution in [3.63, 3.8) is 0 Å². The van der Waals surface area contributed by atoms with Gasteiger partial charge in [0.15, 0.2) is 5.82 Å². The van der Waals surface area contributed by atoms with Crippen LogP contribution in [0, 0.1) is 0 Å². The summed E-state index contributed by atoms with van der Waals surface area (Å²) in [5.74, 6) is -1.50. The summed E-state index contributed by atoms with van der Waals surface area (Å²) in [5, 5.41) is 17.6. The van der Waals surface area contributed by atoms with Crippen LogP contribution >= 0.6 is 0 Å². The van der Waals surface area contributed by atoms with E-state index in [-0.39, 0.29) is 60.5 Å². The molecule has 0 bridgehead atoms. The highest BCUT2D eigenvalue weighted by atomic mass is 19.3. The van der Waals surface area contributed by atoms with Gasteiger partial charge in [-0.2, -0.15) is 10.2 Å². The lowest BCUT2D eigenvalue weighted by molar-refractivity contribution is -0.136. The first-order valence-electron chi connectivity index (χ1n) is 25.4. The van der Waals surface area contributed by atoms with E-state index in [0.717, 1.165) is 34.6 Å². The second-order valence-electron chi connectivity index (χ2n) is 18.9. The van der Waals surface area contributed by atoms with Crippen LogP contribution in [-0.2, 0) is 59.8 Å². The highest BCUT2D eigenvalue weighted by molar-refractivity contribution is 6.23. The van der Waals surface area contributed by atoms with Crippen LogP contribution in [0.2, 0.25) is 0 Å². The summed E-state index contributed by atoms with van der Waals surface area (Å²) < 4.78 is 55.7. The minimum atomic E-state index is -2.70. The zero-order chi connectivity index (χ0) is 51.9. The molecule has 2 fully saturated rings. The molecule has 2 aromatic carbocycles. The number of nitrogens with zero attached hydrogens (tertiary/aromatic N) is 8. The number of aromatic nitrogens is 4. The highest BCUT2D eigenvalue weighted by Gasteiger charge is 2.45. The third-order valence-corrected chi connectivity index (χ3v) is 14.2. The average Bonchev–Trinajstić information content (AvgIpc) is 4.09. The Bertz CT molecular complexity index is 2740.